The standard InChI is InChI=1S/C22H20F2N4O/c23-17-5-7-20(8-6-17)27-10-12-28(13-11-27)21-9-4-16(15-25-21)22(29)26-19-3-1-2-18(24)14-19/h1-9,14-15H,10-13H2,(H,26,29). The quantitative estimate of drug-likeness (QED) is 0.728. The van der Waals surface area contributed by atoms with Crippen molar-refractivity contribution >= 4 is 23.1 Å². The van der Waals surface area contributed by atoms with Gasteiger partial charge in [-0.25, -0.2) is 13.8 Å². The zero-order valence-electron chi connectivity index (χ0n) is 15.7. The Morgan fingerprint density at radius 3 is 2.24 bits per heavy atom. The number of hydrogen-bond acceptors (Lipinski definition) is 4. The van der Waals surface area contributed by atoms with E-state index in [1.165, 1.54) is 36.5 Å². The van der Waals surface area contributed by atoms with Gasteiger partial charge in [-0.05, 0) is 54.6 Å². The molecule has 4 rings (SSSR count). The molecular weight excluding hydrogens is 374 g/mol. The van der Waals surface area contributed by atoms with Crippen molar-refractivity contribution in [3.05, 3.63) is 84.1 Å². The number of nitrogens with zero attached hydrogens (tertiary/aromatic N) is 3. The van der Waals surface area contributed by atoms with Crippen LogP contribution in [0.4, 0.5) is 26.0 Å². The fourth-order valence-corrected chi connectivity index (χ4v) is 3.32. The molecule has 1 amide bonds. The molecule has 1 aliphatic heterocycles. The number of aromatic nitrogens is 1. The molecule has 0 atom stereocenters. The van der Waals surface area contributed by atoms with Gasteiger partial charge in [0.15, 0.2) is 0 Å². The van der Waals surface area contributed by atoms with Gasteiger partial charge in [0.25, 0.3) is 5.91 Å². The van der Waals surface area contributed by atoms with Gasteiger partial charge in [0.2, 0.25) is 0 Å². The first kappa shape index (κ1) is 18.9. The molecule has 3 aromatic rings. The minimum atomic E-state index is -0.406. The monoisotopic (exact) mass is 394 g/mol. The number of halogens is 2. The molecule has 29 heavy (non-hydrogen) atoms. The highest BCUT2D eigenvalue weighted by Gasteiger charge is 2.19. The van der Waals surface area contributed by atoms with Crippen LogP contribution in [0, 0.1) is 11.6 Å². The molecular formula is C22H20F2N4O. The first-order chi connectivity index (χ1) is 14.1. The summed E-state index contributed by atoms with van der Waals surface area (Å²) in [6.45, 7) is 3.16. The Labute approximate surface area is 167 Å². The number of rotatable bonds is 4. The van der Waals surface area contributed by atoms with Gasteiger partial charge in [0.1, 0.15) is 17.5 Å². The highest BCUT2D eigenvalue weighted by molar-refractivity contribution is 6.04. The Morgan fingerprint density at radius 2 is 1.59 bits per heavy atom. The molecule has 0 radical (unpaired) electrons. The number of hydrogen-bond donors (Lipinski definition) is 1. The van der Waals surface area contributed by atoms with Crippen molar-refractivity contribution in [2.45, 2.75) is 0 Å². The predicted molar refractivity (Wildman–Crippen MR) is 109 cm³/mol. The molecule has 1 saturated heterocycles. The molecule has 0 unspecified atom stereocenters. The molecule has 7 heteroatoms. The van der Waals surface area contributed by atoms with Crippen LogP contribution in [-0.2, 0) is 0 Å². The smallest absolute Gasteiger partial charge is 0.257 e. The van der Waals surface area contributed by atoms with Crippen molar-refractivity contribution in [3.8, 4) is 0 Å². The average molecular weight is 394 g/mol. The molecule has 2 heterocycles. The van der Waals surface area contributed by atoms with Crippen LogP contribution in [0.1, 0.15) is 10.4 Å². The zero-order valence-corrected chi connectivity index (χ0v) is 15.7. The van der Waals surface area contributed by atoms with Gasteiger partial charge in [0, 0.05) is 43.8 Å². The van der Waals surface area contributed by atoms with E-state index in [0.717, 1.165) is 37.7 Å². The molecule has 1 fully saturated rings. The molecule has 0 spiro atoms. The number of pyridine rings is 1. The Balaban J connectivity index is 1.36. The molecule has 0 bridgehead atoms. The number of carbonyl (C=O) groups is 1. The summed E-state index contributed by atoms with van der Waals surface area (Å²) in [7, 11) is 0. The summed E-state index contributed by atoms with van der Waals surface area (Å²) < 4.78 is 26.3. The largest absolute Gasteiger partial charge is 0.368 e. The van der Waals surface area contributed by atoms with E-state index in [1.54, 1.807) is 24.3 Å². The summed E-state index contributed by atoms with van der Waals surface area (Å²) >= 11 is 0. The number of amides is 1. The van der Waals surface area contributed by atoms with Gasteiger partial charge < -0.3 is 15.1 Å². The van der Waals surface area contributed by atoms with E-state index >= 15 is 0 Å². The third-order valence-electron chi connectivity index (χ3n) is 4.89. The van der Waals surface area contributed by atoms with Crippen LogP contribution in [0.15, 0.2) is 66.9 Å². The predicted octanol–water partition coefficient (Wildman–Crippen LogP) is 3.94. The molecule has 148 valence electrons. The first-order valence-electron chi connectivity index (χ1n) is 9.37. The molecule has 0 saturated carbocycles. The molecule has 1 aromatic heterocycles. The van der Waals surface area contributed by atoms with Crippen LogP contribution in [-0.4, -0.2) is 37.1 Å². The van der Waals surface area contributed by atoms with E-state index in [-0.39, 0.29) is 11.7 Å². The van der Waals surface area contributed by atoms with Crippen molar-refractivity contribution in [1.82, 2.24) is 4.98 Å². The maximum atomic E-state index is 13.2. The van der Waals surface area contributed by atoms with Crippen molar-refractivity contribution in [2.24, 2.45) is 0 Å². The van der Waals surface area contributed by atoms with Crippen LogP contribution in [0.3, 0.4) is 0 Å². The third-order valence-corrected chi connectivity index (χ3v) is 4.89. The number of piperazine rings is 1. The van der Waals surface area contributed by atoms with Crippen LogP contribution < -0.4 is 15.1 Å². The summed E-state index contributed by atoms with van der Waals surface area (Å²) in [4.78, 5) is 21.1. The number of benzene rings is 2. The van der Waals surface area contributed by atoms with E-state index in [0.29, 0.717) is 11.3 Å². The van der Waals surface area contributed by atoms with E-state index in [2.05, 4.69) is 20.1 Å². The van der Waals surface area contributed by atoms with Crippen LogP contribution in [0.5, 0.6) is 0 Å². The van der Waals surface area contributed by atoms with Crippen LogP contribution >= 0.6 is 0 Å². The second kappa shape index (κ2) is 8.26. The summed E-state index contributed by atoms with van der Waals surface area (Å²) in [6, 6.07) is 15.8. The number of anilines is 3. The number of nitrogens with one attached hydrogen (secondary N) is 1. The van der Waals surface area contributed by atoms with Gasteiger partial charge in [-0.15, -0.1) is 0 Å². The fourth-order valence-electron chi connectivity index (χ4n) is 3.32. The normalized spacial score (nSPS) is 14.0. The molecule has 2 aromatic carbocycles. The minimum Gasteiger partial charge on any atom is -0.368 e. The van der Waals surface area contributed by atoms with E-state index in [4.69, 9.17) is 0 Å². The lowest BCUT2D eigenvalue weighted by Crippen LogP contribution is -2.46. The lowest BCUT2D eigenvalue weighted by molar-refractivity contribution is 0.102. The van der Waals surface area contributed by atoms with Gasteiger partial charge in [0.05, 0.1) is 5.56 Å². The summed E-state index contributed by atoms with van der Waals surface area (Å²) in [5.74, 6) is -0.184. The van der Waals surface area contributed by atoms with Gasteiger partial charge in [-0.2, -0.15) is 0 Å². The topological polar surface area (TPSA) is 48.5 Å². The summed E-state index contributed by atoms with van der Waals surface area (Å²) in [5, 5.41) is 2.66. The minimum absolute atomic E-state index is 0.238. The summed E-state index contributed by atoms with van der Waals surface area (Å²) in [6.07, 6.45) is 1.52. The Morgan fingerprint density at radius 1 is 0.862 bits per heavy atom. The van der Waals surface area contributed by atoms with E-state index < -0.39 is 5.82 Å². The highest BCUT2D eigenvalue weighted by atomic mass is 19.1. The lowest BCUT2D eigenvalue weighted by atomic mass is 10.2. The Hall–Kier alpha value is -3.48. The van der Waals surface area contributed by atoms with Crippen molar-refractivity contribution in [3.63, 3.8) is 0 Å². The van der Waals surface area contributed by atoms with Crippen molar-refractivity contribution in [1.29, 1.82) is 0 Å². The Bertz CT molecular complexity index is 984. The highest BCUT2D eigenvalue weighted by Crippen LogP contribution is 2.20. The van der Waals surface area contributed by atoms with Gasteiger partial charge >= 0.3 is 0 Å². The van der Waals surface area contributed by atoms with Crippen LogP contribution in [0.25, 0.3) is 0 Å². The maximum absolute atomic E-state index is 13.2. The molecule has 1 N–H and O–H groups in total. The zero-order chi connectivity index (χ0) is 20.2. The van der Waals surface area contributed by atoms with E-state index in [9.17, 15) is 13.6 Å². The van der Waals surface area contributed by atoms with Crippen molar-refractivity contribution < 1.29 is 13.6 Å². The molecule has 5 nitrogen and oxygen atoms in total. The Kier molecular flexibility index (Phi) is 5.37. The summed E-state index contributed by atoms with van der Waals surface area (Å²) in [5.41, 5.74) is 1.81. The molecule has 1 aliphatic rings. The third kappa shape index (κ3) is 4.51. The van der Waals surface area contributed by atoms with Gasteiger partial charge in [-0.1, -0.05) is 6.07 Å². The average Bonchev–Trinajstić information content (AvgIpc) is 2.75. The fraction of sp³-hybridized carbons (Fsp3) is 0.182. The second-order valence-corrected chi connectivity index (χ2v) is 6.82. The lowest BCUT2D eigenvalue weighted by Gasteiger charge is -2.36. The maximum Gasteiger partial charge on any atom is 0.257 e. The molecule has 0 aliphatic carbocycles. The van der Waals surface area contributed by atoms with Gasteiger partial charge in [-0.3, -0.25) is 4.79 Å². The SMILES string of the molecule is O=C(Nc1cccc(F)c1)c1ccc(N2CCN(c3ccc(F)cc3)CC2)nc1. The second-order valence-electron chi connectivity index (χ2n) is 6.82. The van der Waals surface area contributed by atoms with Crippen molar-refractivity contribution in [2.75, 3.05) is 41.3 Å². The van der Waals surface area contributed by atoms with E-state index in [1.807, 2.05) is 6.07 Å². The first-order valence-corrected chi connectivity index (χ1v) is 9.37. The number of carbonyl (C=O) groups excluding carboxylic acids is 1. The van der Waals surface area contributed by atoms with Crippen LogP contribution in [0.2, 0.25) is 0 Å².